The summed E-state index contributed by atoms with van der Waals surface area (Å²) in [5.74, 6) is 0.879. The van der Waals surface area contributed by atoms with Gasteiger partial charge >= 0.3 is 0 Å². The summed E-state index contributed by atoms with van der Waals surface area (Å²) in [4.78, 5) is 17.4. The summed E-state index contributed by atoms with van der Waals surface area (Å²) < 4.78 is 6.13. The number of carbonyl (C=O) groups excluding carboxylic acids is 1. The molecular formula is C22H35N3O2. The fraction of sp³-hybridized carbons (Fsp3) is 0.682. The molecule has 1 N–H and O–H groups in total. The quantitative estimate of drug-likeness (QED) is 0.832. The van der Waals surface area contributed by atoms with Crippen LogP contribution in [0, 0.1) is 0 Å². The number of rotatable bonds is 6. The highest BCUT2D eigenvalue weighted by Gasteiger charge is 2.26. The van der Waals surface area contributed by atoms with Crippen molar-refractivity contribution in [2.75, 3.05) is 26.2 Å². The zero-order valence-corrected chi connectivity index (χ0v) is 17.3. The topological polar surface area (TPSA) is 44.8 Å². The minimum atomic E-state index is 0.0161. The van der Waals surface area contributed by atoms with Crippen LogP contribution in [-0.2, 0) is 0 Å². The Morgan fingerprint density at radius 1 is 0.963 bits per heavy atom. The van der Waals surface area contributed by atoms with E-state index in [-0.39, 0.29) is 18.1 Å². The molecule has 0 bridgehead atoms. The summed E-state index contributed by atoms with van der Waals surface area (Å²) in [5.41, 5.74) is 0.708. The number of likely N-dealkylation sites (tertiary alicyclic amines) is 2. The standard InChI is InChI=1S/C22H35N3O2/c1-16(2)24-13-10-21(11-14-24)27-20-7-5-18(6-8-20)22(26)23-19-9-12-25(15-19)17(3)4/h5-8,16-17,19,21H,9-15H2,1-4H3,(H,23,26). The van der Waals surface area contributed by atoms with Crippen LogP contribution in [0.3, 0.4) is 0 Å². The monoisotopic (exact) mass is 373 g/mol. The minimum Gasteiger partial charge on any atom is -0.490 e. The number of hydrogen-bond donors (Lipinski definition) is 1. The predicted octanol–water partition coefficient (Wildman–Crippen LogP) is 3.15. The predicted molar refractivity (Wildman–Crippen MR) is 109 cm³/mol. The van der Waals surface area contributed by atoms with Gasteiger partial charge in [-0.3, -0.25) is 9.69 Å². The van der Waals surface area contributed by atoms with Gasteiger partial charge in [0.1, 0.15) is 11.9 Å². The van der Waals surface area contributed by atoms with E-state index >= 15 is 0 Å². The van der Waals surface area contributed by atoms with Gasteiger partial charge < -0.3 is 15.0 Å². The average Bonchev–Trinajstić information content (AvgIpc) is 3.11. The maximum atomic E-state index is 12.5. The summed E-state index contributed by atoms with van der Waals surface area (Å²) in [5, 5.41) is 3.17. The van der Waals surface area contributed by atoms with Gasteiger partial charge in [-0.05, 0) is 71.2 Å². The first-order chi connectivity index (χ1) is 12.9. The number of ether oxygens (including phenoxy) is 1. The Balaban J connectivity index is 1.47. The normalized spacial score (nSPS) is 22.5. The Kier molecular flexibility index (Phi) is 6.77. The highest BCUT2D eigenvalue weighted by atomic mass is 16.5. The van der Waals surface area contributed by atoms with Gasteiger partial charge in [-0.2, -0.15) is 0 Å². The molecule has 2 saturated heterocycles. The van der Waals surface area contributed by atoms with Crippen LogP contribution in [0.5, 0.6) is 5.75 Å². The smallest absolute Gasteiger partial charge is 0.251 e. The lowest BCUT2D eigenvalue weighted by Crippen LogP contribution is -2.41. The Hall–Kier alpha value is -1.59. The molecule has 2 aliphatic rings. The van der Waals surface area contributed by atoms with Crippen molar-refractivity contribution in [3.05, 3.63) is 29.8 Å². The van der Waals surface area contributed by atoms with Gasteiger partial charge in [0.05, 0.1) is 0 Å². The lowest BCUT2D eigenvalue weighted by Gasteiger charge is -2.34. The third kappa shape index (κ3) is 5.45. The van der Waals surface area contributed by atoms with Gasteiger partial charge in [-0.25, -0.2) is 0 Å². The number of carbonyl (C=O) groups is 1. The van der Waals surface area contributed by atoms with Crippen LogP contribution in [0.1, 0.15) is 57.3 Å². The van der Waals surface area contributed by atoms with Crippen LogP contribution >= 0.6 is 0 Å². The van der Waals surface area contributed by atoms with E-state index in [0.717, 1.165) is 51.2 Å². The molecule has 150 valence electrons. The van der Waals surface area contributed by atoms with Gasteiger partial charge in [-0.15, -0.1) is 0 Å². The molecule has 27 heavy (non-hydrogen) atoms. The molecule has 0 saturated carbocycles. The van der Waals surface area contributed by atoms with E-state index in [1.165, 1.54) is 0 Å². The second-order valence-electron chi connectivity index (χ2n) is 8.52. The molecule has 1 amide bonds. The van der Waals surface area contributed by atoms with Crippen molar-refractivity contribution in [2.45, 2.75) is 71.2 Å². The third-order valence-corrected chi connectivity index (χ3v) is 5.91. The van der Waals surface area contributed by atoms with Crippen molar-refractivity contribution in [1.29, 1.82) is 0 Å². The molecule has 2 heterocycles. The van der Waals surface area contributed by atoms with Crippen LogP contribution in [0.2, 0.25) is 0 Å². The Labute approximate surface area is 164 Å². The number of piperidine rings is 1. The third-order valence-electron chi connectivity index (χ3n) is 5.91. The first-order valence-electron chi connectivity index (χ1n) is 10.5. The fourth-order valence-corrected chi connectivity index (χ4v) is 4.03. The largest absolute Gasteiger partial charge is 0.490 e. The van der Waals surface area contributed by atoms with E-state index in [0.29, 0.717) is 17.6 Å². The number of hydrogen-bond acceptors (Lipinski definition) is 4. The Morgan fingerprint density at radius 3 is 2.11 bits per heavy atom. The van der Waals surface area contributed by atoms with Crippen molar-refractivity contribution in [3.63, 3.8) is 0 Å². The zero-order valence-electron chi connectivity index (χ0n) is 17.3. The highest BCUT2D eigenvalue weighted by molar-refractivity contribution is 5.94. The number of nitrogens with one attached hydrogen (secondary N) is 1. The summed E-state index contributed by atoms with van der Waals surface area (Å²) in [7, 11) is 0. The summed E-state index contributed by atoms with van der Waals surface area (Å²) in [6.07, 6.45) is 3.43. The van der Waals surface area contributed by atoms with Crippen molar-refractivity contribution in [2.24, 2.45) is 0 Å². The Morgan fingerprint density at radius 2 is 1.56 bits per heavy atom. The maximum absolute atomic E-state index is 12.5. The van der Waals surface area contributed by atoms with Crippen molar-refractivity contribution >= 4 is 5.91 Å². The van der Waals surface area contributed by atoms with E-state index in [1.807, 2.05) is 24.3 Å². The average molecular weight is 374 g/mol. The van der Waals surface area contributed by atoms with Crippen LogP contribution in [-0.4, -0.2) is 66.1 Å². The summed E-state index contributed by atoms with van der Waals surface area (Å²) in [6, 6.07) is 9.01. The van der Waals surface area contributed by atoms with E-state index in [2.05, 4.69) is 42.8 Å². The number of amides is 1. The van der Waals surface area contributed by atoms with E-state index in [4.69, 9.17) is 4.74 Å². The summed E-state index contributed by atoms with van der Waals surface area (Å²) in [6.45, 7) is 13.1. The highest BCUT2D eigenvalue weighted by Crippen LogP contribution is 2.21. The van der Waals surface area contributed by atoms with Crippen LogP contribution in [0.25, 0.3) is 0 Å². The number of nitrogens with zero attached hydrogens (tertiary/aromatic N) is 2. The van der Waals surface area contributed by atoms with Crippen LogP contribution in [0.15, 0.2) is 24.3 Å². The van der Waals surface area contributed by atoms with Crippen molar-refractivity contribution in [1.82, 2.24) is 15.1 Å². The van der Waals surface area contributed by atoms with E-state index in [9.17, 15) is 4.79 Å². The lowest BCUT2D eigenvalue weighted by atomic mass is 10.1. The molecule has 1 aromatic carbocycles. The summed E-state index contributed by atoms with van der Waals surface area (Å²) >= 11 is 0. The van der Waals surface area contributed by atoms with Crippen LogP contribution in [0.4, 0.5) is 0 Å². The fourth-order valence-electron chi connectivity index (χ4n) is 4.03. The molecule has 5 heteroatoms. The maximum Gasteiger partial charge on any atom is 0.251 e. The number of benzene rings is 1. The molecule has 0 radical (unpaired) electrons. The van der Waals surface area contributed by atoms with E-state index in [1.54, 1.807) is 0 Å². The molecule has 1 atom stereocenters. The van der Waals surface area contributed by atoms with Gasteiger partial charge in [0, 0.05) is 49.9 Å². The van der Waals surface area contributed by atoms with Crippen LogP contribution < -0.4 is 10.1 Å². The van der Waals surface area contributed by atoms with Gasteiger partial charge in [0.15, 0.2) is 0 Å². The molecule has 0 aliphatic carbocycles. The Bertz CT molecular complexity index is 606. The first-order valence-corrected chi connectivity index (χ1v) is 10.5. The van der Waals surface area contributed by atoms with Crippen molar-refractivity contribution in [3.8, 4) is 5.75 Å². The molecule has 2 aliphatic heterocycles. The second kappa shape index (κ2) is 9.07. The zero-order chi connectivity index (χ0) is 19.4. The van der Waals surface area contributed by atoms with Crippen molar-refractivity contribution < 1.29 is 9.53 Å². The molecule has 0 aromatic heterocycles. The molecule has 0 spiro atoms. The molecular weight excluding hydrogens is 338 g/mol. The molecule has 3 rings (SSSR count). The van der Waals surface area contributed by atoms with E-state index < -0.39 is 0 Å². The SMILES string of the molecule is CC(C)N1CCC(Oc2ccc(C(=O)NC3CCN(C(C)C)C3)cc2)CC1. The molecule has 1 unspecified atom stereocenters. The first kappa shape index (κ1) is 20.2. The van der Waals surface area contributed by atoms with Gasteiger partial charge in [0.2, 0.25) is 0 Å². The second-order valence-corrected chi connectivity index (χ2v) is 8.52. The molecule has 2 fully saturated rings. The molecule has 1 aromatic rings. The van der Waals surface area contributed by atoms with Gasteiger partial charge in [-0.1, -0.05) is 0 Å². The van der Waals surface area contributed by atoms with Gasteiger partial charge in [0.25, 0.3) is 5.91 Å². The molecule has 5 nitrogen and oxygen atoms in total. The lowest BCUT2D eigenvalue weighted by molar-refractivity contribution is 0.0843. The minimum absolute atomic E-state index is 0.0161.